The molecular formula is C33H53N5O9. The zero-order valence-electron chi connectivity index (χ0n) is 29.7. The fourth-order valence-corrected chi connectivity index (χ4v) is 3.38. The minimum Gasteiger partial charge on any atom is -0.508 e. The monoisotopic (exact) mass is 663 g/mol. The van der Waals surface area contributed by atoms with E-state index in [4.69, 9.17) is 14.2 Å². The molecule has 5 N–H and O–H groups in total. The Bertz CT molecular complexity index is 1290. The first-order chi connectivity index (χ1) is 21.5. The molecule has 3 amide bonds. The molecule has 0 saturated heterocycles. The summed E-state index contributed by atoms with van der Waals surface area (Å²) in [5, 5.41) is 36.7. The van der Waals surface area contributed by atoms with Crippen LogP contribution in [0.5, 0.6) is 23.0 Å². The number of benzene rings is 2. The lowest BCUT2D eigenvalue weighted by Gasteiger charge is -2.23. The molecule has 0 aliphatic rings. The Kier molecular flexibility index (Phi) is 15.4. The van der Waals surface area contributed by atoms with E-state index in [0.717, 1.165) is 0 Å². The second kappa shape index (κ2) is 17.7. The molecule has 0 bridgehead atoms. The van der Waals surface area contributed by atoms with Crippen molar-refractivity contribution in [2.45, 2.75) is 64.8 Å². The normalized spacial score (nSPS) is 12.6. The van der Waals surface area contributed by atoms with Gasteiger partial charge >= 0.3 is 18.3 Å². The van der Waals surface area contributed by atoms with Crippen molar-refractivity contribution >= 4 is 18.3 Å². The Balaban J connectivity index is 0.000000481. The Labute approximate surface area is 278 Å². The topological polar surface area (TPSA) is 173 Å². The van der Waals surface area contributed by atoms with Gasteiger partial charge in [-0.05, 0) is 76.9 Å². The van der Waals surface area contributed by atoms with Crippen LogP contribution in [0.2, 0.25) is 0 Å². The highest BCUT2D eigenvalue weighted by Crippen LogP contribution is 2.28. The highest BCUT2D eigenvalue weighted by atomic mass is 16.6. The average Bonchev–Trinajstić information content (AvgIpc) is 2.93. The first-order valence-electron chi connectivity index (χ1n) is 15.0. The molecule has 0 aliphatic heterocycles. The van der Waals surface area contributed by atoms with E-state index in [9.17, 15) is 29.7 Å². The SMILES string of the molecule is CN(C)C(=O)Oc1cc(O)cc(C(O)CNC(C)(C)C)c1.CN(C)C(=O)Oc1cc(OC(=O)N(C)C)cc(C(O)CNC(C)(C)C)c1. The van der Waals surface area contributed by atoms with Crippen LogP contribution in [-0.4, -0.2) is 115 Å². The fourth-order valence-electron chi connectivity index (χ4n) is 3.38. The van der Waals surface area contributed by atoms with Crippen LogP contribution in [0.4, 0.5) is 14.4 Å². The summed E-state index contributed by atoms with van der Waals surface area (Å²) in [4.78, 5) is 38.9. The number of aromatic hydroxyl groups is 1. The number of aliphatic hydroxyl groups excluding tert-OH is 2. The van der Waals surface area contributed by atoms with E-state index in [-0.39, 0.29) is 40.6 Å². The number of phenols is 1. The maximum atomic E-state index is 11.8. The number of ether oxygens (including phenoxy) is 3. The van der Waals surface area contributed by atoms with E-state index >= 15 is 0 Å². The summed E-state index contributed by atoms with van der Waals surface area (Å²) in [6.07, 6.45) is -3.38. The van der Waals surface area contributed by atoms with Gasteiger partial charge in [0, 0.05) is 78.6 Å². The van der Waals surface area contributed by atoms with E-state index < -0.39 is 30.5 Å². The van der Waals surface area contributed by atoms with E-state index in [1.54, 1.807) is 54.4 Å². The van der Waals surface area contributed by atoms with Crippen LogP contribution in [0, 0.1) is 0 Å². The van der Waals surface area contributed by atoms with Gasteiger partial charge in [0.2, 0.25) is 0 Å². The van der Waals surface area contributed by atoms with Crippen molar-refractivity contribution in [1.29, 1.82) is 0 Å². The molecule has 0 spiro atoms. The van der Waals surface area contributed by atoms with Crippen LogP contribution >= 0.6 is 0 Å². The van der Waals surface area contributed by atoms with Gasteiger partial charge in [-0.15, -0.1) is 0 Å². The molecule has 264 valence electrons. The van der Waals surface area contributed by atoms with Crippen LogP contribution in [0.25, 0.3) is 0 Å². The van der Waals surface area contributed by atoms with Crippen molar-refractivity contribution in [3.63, 3.8) is 0 Å². The molecule has 2 aromatic carbocycles. The Morgan fingerprint density at radius 3 is 1.19 bits per heavy atom. The van der Waals surface area contributed by atoms with Gasteiger partial charge in [0.1, 0.15) is 23.0 Å². The zero-order chi connectivity index (χ0) is 36.3. The largest absolute Gasteiger partial charge is 0.508 e. The van der Waals surface area contributed by atoms with Gasteiger partial charge in [0.25, 0.3) is 0 Å². The predicted octanol–water partition coefficient (Wildman–Crippen LogP) is 4.10. The quantitative estimate of drug-likeness (QED) is 0.261. The van der Waals surface area contributed by atoms with Gasteiger partial charge in [-0.1, -0.05) is 0 Å². The number of amides is 3. The van der Waals surface area contributed by atoms with Crippen LogP contribution in [0.15, 0.2) is 36.4 Å². The molecule has 0 fully saturated rings. The lowest BCUT2D eigenvalue weighted by molar-refractivity contribution is 0.159. The van der Waals surface area contributed by atoms with Crippen molar-refractivity contribution in [2.75, 3.05) is 55.4 Å². The van der Waals surface area contributed by atoms with Crippen LogP contribution in [0.3, 0.4) is 0 Å². The molecule has 2 rings (SSSR count). The Morgan fingerprint density at radius 2 is 0.894 bits per heavy atom. The fraction of sp³-hybridized carbons (Fsp3) is 0.545. The number of nitrogens with zero attached hydrogens (tertiary/aromatic N) is 3. The molecule has 47 heavy (non-hydrogen) atoms. The number of carbonyl (C=O) groups excluding carboxylic acids is 3. The summed E-state index contributed by atoms with van der Waals surface area (Å²) in [6, 6.07) is 8.83. The lowest BCUT2D eigenvalue weighted by atomic mass is 10.1. The molecule has 0 saturated carbocycles. The zero-order valence-corrected chi connectivity index (χ0v) is 29.7. The molecular weight excluding hydrogens is 610 g/mol. The third-order valence-corrected chi connectivity index (χ3v) is 5.95. The van der Waals surface area contributed by atoms with Crippen LogP contribution in [0.1, 0.15) is 64.9 Å². The number of nitrogens with one attached hydrogen (secondary N) is 2. The molecule has 2 unspecified atom stereocenters. The first kappa shape index (κ1) is 40.9. The predicted molar refractivity (Wildman–Crippen MR) is 179 cm³/mol. The lowest BCUT2D eigenvalue weighted by Crippen LogP contribution is -2.38. The highest BCUT2D eigenvalue weighted by molar-refractivity contribution is 5.72. The summed E-state index contributed by atoms with van der Waals surface area (Å²) in [6.45, 7) is 12.5. The third-order valence-electron chi connectivity index (χ3n) is 5.95. The number of aliphatic hydroxyl groups is 2. The smallest absolute Gasteiger partial charge is 0.414 e. The molecule has 0 heterocycles. The van der Waals surface area contributed by atoms with Gasteiger partial charge in [-0.25, -0.2) is 14.4 Å². The minimum atomic E-state index is -0.871. The number of phenolic OH excluding ortho intramolecular Hbond substituents is 1. The molecule has 0 aliphatic carbocycles. The Hall–Kier alpha value is -4.11. The van der Waals surface area contributed by atoms with Gasteiger partial charge in [0.15, 0.2) is 0 Å². The molecule has 14 nitrogen and oxygen atoms in total. The standard InChI is InChI=1S/C18H29N3O5.C15H24N2O4/c1-18(2,3)19-11-15(22)12-8-13(25-16(23)20(4)5)10-14(9-12)26-17(24)21(6)7;1-15(2,3)16-9-13(19)10-6-11(18)8-12(7-10)21-14(20)17(4)5/h8-10,15,19,22H,11H2,1-7H3;6-8,13,16,18-19H,9H2,1-5H3. The summed E-state index contributed by atoms with van der Waals surface area (Å²) in [5.41, 5.74) is 0.648. The first-order valence-corrected chi connectivity index (χ1v) is 15.0. The molecule has 0 radical (unpaired) electrons. The highest BCUT2D eigenvalue weighted by Gasteiger charge is 2.19. The van der Waals surface area contributed by atoms with E-state index in [2.05, 4.69) is 10.6 Å². The number of carbonyl (C=O) groups is 3. The van der Waals surface area contributed by atoms with Gasteiger partial charge in [0.05, 0.1) is 12.2 Å². The number of hydrogen-bond donors (Lipinski definition) is 5. The molecule has 2 atom stereocenters. The van der Waals surface area contributed by atoms with Crippen molar-refractivity contribution in [2.24, 2.45) is 0 Å². The molecule has 0 aromatic heterocycles. The second-order valence-corrected chi connectivity index (χ2v) is 13.6. The van der Waals surface area contributed by atoms with E-state index in [1.165, 1.54) is 39.0 Å². The number of rotatable bonds is 9. The maximum absolute atomic E-state index is 11.8. The van der Waals surface area contributed by atoms with Crippen molar-refractivity contribution in [1.82, 2.24) is 25.3 Å². The number of hydrogen-bond acceptors (Lipinski definition) is 11. The summed E-state index contributed by atoms with van der Waals surface area (Å²) >= 11 is 0. The van der Waals surface area contributed by atoms with E-state index in [0.29, 0.717) is 17.7 Å². The van der Waals surface area contributed by atoms with Gasteiger partial charge < -0.3 is 54.9 Å². The van der Waals surface area contributed by atoms with Gasteiger partial charge in [-0.3, -0.25) is 0 Å². The summed E-state index contributed by atoms with van der Waals surface area (Å²) in [7, 11) is 9.35. The molecule has 2 aromatic rings. The summed E-state index contributed by atoms with van der Waals surface area (Å²) in [5.74, 6) is 0.484. The second-order valence-electron chi connectivity index (χ2n) is 13.6. The molecule has 14 heteroatoms. The average molecular weight is 664 g/mol. The van der Waals surface area contributed by atoms with Crippen LogP contribution in [-0.2, 0) is 0 Å². The summed E-state index contributed by atoms with van der Waals surface area (Å²) < 4.78 is 15.6. The maximum Gasteiger partial charge on any atom is 0.414 e. The van der Waals surface area contributed by atoms with Crippen molar-refractivity contribution < 1.29 is 43.9 Å². The van der Waals surface area contributed by atoms with E-state index in [1.807, 2.05) is 41.5 Å². The number of β-amino-alcohol motifs (C(OH)–C–C–N with tert-alkyl or cyclic N) is 2. The Morgan fingerprint density at radius 1 is 0.596 bits per heavy atom. The van der Waals surface area contributed by atoms with Crippen molar-refractivity contribution in [3.05, 3.63) is 47.5 Å². The van der Waals surface area contributed by atoms with Gasteiger partial charge in [-0.2, -0.15) is 0 Å². The van der Waals surface area contributed by atoms with Crippen molar-refractivity contribution in [3.8, 4) is 23.0 Å². The third kappa shape index (κ3) is 16.3. The van der Waals surface area contributed by atoms with Crippen LogP contribution < -0.4 is 24.8 Å². The minimum absolute atomic E-state index is 0.0659.